The van der Waals surface area contributed by atoms with Crippen LogP contribution in [0.3, 0.4) is 0 Å². The number of phenols is 1. The zero-order chi connectivity index (χ0) is 107. The van der Waals surface area contributed by atoms with Crippen LogP contribution in [0.1, 0.15) is 271 Å². The zero-order valence-electron chi connectivity index (χ0n) is 86.3. The maximum atomic E-state index is 13.6. The summed E-state index contributed by atoms with van der Waals surface area (Å²) in [6, 6.07) is 20.3. The second kappa shape index (κ2) is 57.3. The number of carbonyl (C=O) groups excluding carboxylic acids is 5. The molecule has 14 rings (SSSR count). The van der Waals surface area contributed by atoms with Gasteiger partial charge < -0.3 is 95.3 Å². The fraction of sp³-hybridized carbons (Fsp3) is 0.561. The minimum Gasteiger partial charge on any atom is -0.508 e. The molecule has 6 unspecified atom stereocenters. The third kappa shape index (κ3) is 42.2. The van der Waals surface area contributed by atoms with E-state index in [1.165, 1.54) is 49.6 Å². The first-order valence-corrected chi connectivity index (χ1v) is 51.0. The van der Waals surface area contributed by atoms with Gasteiger partial charge >= 0.3 is 30.5 Å². The maximum absolute atomic E-state index is 13.6. The van der Waals surface area contributed by atoms with Crippen molar-refractivity contribution in [3.63, 3.8) is 0 Å². The Kier molecular flexibility index (Phi) is 50.3. The number of methoxy groups -OCH3 is 1. The Hall–Kier alpha value is -8.47. The second-order valence-corrected chi connectivity index (χ2v) is 44.0. The first kappa shape index (κ1) is 129. The van der Waals surface area contributed by atoms with Crippen molar-refractivity contribution in [3.05, 3.63) is 200 Å². The van der Waals surface area contributed by atoms with E-state index in [2.05, 4.69) is 26.6 Å². The van der Waals surface area contributed by atoms with Crippen LogP contribution < -0.4 is 66.5 Å². The molecule has 0 bridgehead atoms. The summed E-state index contributed by atoms with van der Waals surface area (Å²) in [5.41, 5.74) is 14.8. The van der Waals surface area contributed by atoms with Gasteiger partial charge in [-0.25, -0.2) is 54.7 Å². The number of hydrogen-bond donors (Lipinski definition) is 8. The lowest BCUT2D eigenvalue weighted by Crippen LogP contribution is -2.33. The molecule has 822 valence electrons. The average Bonchev–Trinajstić information content (AvgIpc) is 1.72. The Labute approximate surface area is 907 Å². The van der Waals surface area contributed by atoms with Crippen molar-refractivity contribution < 1.29 is 112 Å². The highest BCUT2D eigenvalue weighted by Crippen LogP contribution is 2.57. The summed E-state index contributed by atoms with van der Waals surface area (Å²) in [5.74, 6) is 3.72. The first-order chi connectivity index (χ1) is 67.3. The van der Waals surface area contributed by atoms with Gasteiger partial charge in [0.25, 0.3) is 0 Å². The molecule has 14 atom stereocenters. The van der Waals surface area contributed by atoms with Gasteiger partial charge in [-0.1, -0.05) is 88.6 Å². The van der Waals surface area contributed by atoms with Gasteiger partial charge in [0.2, 0.25) is 0 Å². The van der Waals surface area contributed by atoms with E-state index in [-0.39, 0.29) is 132 Å². The SMILES string of the molecule is C.CC(C)(C)OC(=O)NCC1CC1c1cc(Cl)c(F)cc1O.CCOc1cc(F)c(Cl)cc1C1CC1CNC(=O)OC(C)(C)C.CCOc1cc(F)c(Cl)cc1[C@@H]1C[C@H]1CN.CCOc1cc(F)c(Cl)cc1[C@@H]1C[C@H]1CNC(=O)OC(C)(C)C.CCOc1cc(F)c(Cl)cc1[C@H]1C[C@@H]1CN.CCOc1cc(F)c(Cl)cc1[C@H]1C[C@@H]1CNC(=O)OC(C)(C)C.COc1cc(F)c(Cl)cc1C1CC1CNC(=O)OC(C)(C)C.Cl.Cl. The molecule has 0 spiro atoms. The number of halogens is 16. The summed E-state index contributed by atoms with van der Waals surface area (Å²) in [4.78, 5) is 58.2. The largest absolute Gasteiger partial charge is 0.508 e. The monoisotopic (exact) mass is 2250 g/mol. The molecule has 7 aliphatic rings. The van der Waals surface area contributed by atoms with E-state index in [1.807, 2.05) is 118 Å². The normalized spacial score (nSPS) is 20.6. The average molecular weight is 2250 g/mol. The molecule has 24 nitrogen and oxygen atoms in total. The van der Waals surface area contributed by atoms with Gasteiger partial charge in [0, 0.05) is 75.2 Å². The van der Waals surface area contributed by atoms with Crippen LogP contribution in [0.5, 0.6) is 40.2 Å². The fourth-order valence-corrected chi connectivity index (χ4v) is 17.3. The van der Waals surface area contributed by atoms with E-state index in [1.54, 1.807) is 57.2 Å². The number of ether oxygens (including phenoxy) is 11. The summed E-state index contributed by atoms with van der Waals surface area (Å²) in [6.07, 6.45) is 4.32. The number of alkyl carbamates (subject to hydrolysis) is 5. The molecule has 7 aliphatic carbocycles. The number of phenolic OH excluding ortho intramolecular Hbond substituents is 1. The molecule has 0 aliphatic heterocycles. The number of aromatic hydroxyl groups is 1. The smallest absolute Gasteiger partial charge is 0.407 e. The van der Waals surface area contributed by atoms with Gasteiger partial charge in [-0.3, -0.25) is 0 Å². The van der Waals surface area contributed by atoms with Crippen LogP contribution in [0, 0.1) is 82.1 Å². The molecule has 0 radical (unpaired) electrons. The number of nitrogens with one attached hydrogen (secondary N) is 5. The predicted octanol–water partition coefficient (Wildman–Crippen LogP) is 28.8. The van der Waals surface area contributed by atoms with Gasteiger partial charge in [-0.2, -0.15) is 0 Å². The van der Waals surface area contributed by atoms with Crippen LogP contribution in [-0.4, -0.2) is 150 Å². The first-order valence-electron chi connectivity index (χ1n) is 48.4. The third-order valence-electron chi connectivity index (χ3n) is 23.5. The fourth-order valence-electron chi connectivity index (χ4n) is 16.1. The molecule has 10 N–H and O–H groups in total. The van der Waals surface area contributed by atoms with Gasteiger partial charge in [-0.15, -0.1) is 24.8 Å². The molecule has 7 saturated carbocycles. The number of amides is 5. The molecular formula is C107H145Cl9F7N7O17. The lowest BCUT2D eigenvalue weighted by atomic mass is 10.1. The van der Waals surface area contributed by atoms with E-state index < -0.39 is 99.2 Å². The lowest BCUT2D eigenvalue weighted by Gasteiger charge is -2.19. The Morgan fingerprint density at radius 1 is 0.293 bits per heavy atom. The Bertz CT molecular complexity index is 5220. The molecule has 0 aromatic heterocycles. The van der Waals surface area contributed by atoms with E-state index in [9.17, 15) is 59.8 Å². The van der Waals surface area contributed by atoms with Crippen molar-refractivity contribution in [3.8, 4) is 40.2 Å². The van der Waals surface area contributed by atoms with Gasteiger partial charge in [0.15, 0.2) is 0 Å². The summed E-state index contributed by atoms with van der Waals surface area (Å²) >= 11 is 40.8. The van der Waals surface area contributed by atoms with Crippen LogP contribution in [0.15, 0.2) is 84.9 Å². The molecule has 40 heteroatoms. The molecule has 0 heterocycles. The van der Waals surface area contributed by atoms with E-state index in [0.717, 1.165) is 84.4 Å². The maximum Gasteiger partial charge on any atom is 0.407 e. The van der Waals surface area contributed by atoms with Crippen molar-refractivity contribution in [1.82, 2.24) is 26.6 Å². The number of rotatable bonds is 30. The van der Waals surface area contributed by atoms with Gasteiger partial charge in [-0.05, 0) is 361 Å². The van der Waals surface area contributed by atoms with Crippen LogP contribution in [0.2, 0.25) is 35.2 Å². The van der Waals surface area contributed by atoms with Crippen LogP contribution >= 0.6 is 106 Å². The number of benzene rings is 7. The van der Waals surface area contributed by atoms with E-state index in [4.69, 9.17) is 145 Å². The third-order valence-corrected chi connectivity index (χ3v) is 25.5. The van der Waals surface area contributed by atoms with Crippen molar-refractivity contribution in [2.45, 2.75) is 260 Å². The number of hydrogen-bond acceptors (Lipinski definition) is 19. The standard InChI is InChI=1S/3C17H23ClFNO3.C16H21ClFNO3.C15H19ClFNO3.2C12H15ClFNO.CH4.2ClH/c3*1-5-22-15-8-14(19)13(18)7-12(15)11-6-10(11)9-20-16(21)23-17(2,3)4;1-16(2,3)22-15(20)19-8-9-5-10(9)11-6-12(17)13(18)7-14(11)21-4;1-15(2,3)21-14(20)18-7-8-4-9(8)10-5-11(16)12(17)6-13(10)19;2*1-2-16-12-5-11(14)10(13)4-9(12)8-3-7(8)6-15;;;/h3*7-8,10-11H,5-6,9H2,1-4H3,(H,20,21);6-7,9-10H,5,8H2,1-4H3,(H,19,20);5-6,8-9,19H,4,7H2,1-3H3,(H,18,20);2*4-5,7-8H,2-3,6,15H2,1H3;1H4;2*1H/t2*10-,11+;;;;2*7-,8+;;;/m10...10.../s1. The van der Waals surface area contributed by atoms with E-state index in [0.29, 0.717) is 143 Å². The van der Waals surface area contributed by atoms with Crippen molar-refractivity contribution in [1.29, 1.82) is 0 Å². The topological polar surface area (TPSA) is 319 Å². The lowest BCUT2D eigenvalue weighted by molar-refractivity contribution is 0.0513. The Morgan fingerprint density at radius 3 is 0.619 bits per heavy atom. The summed E-state index contributed by atoms with van der Waals surface area (Å²) in [7, 11) is 1.50. The quantitative estimate of drug-likeness (QED) is 0.0153. The highest BCUT2D eigenvalue weighted by atomic mass is 35.5. The van der Waals surface area contributed by atoms with Crippen molar-refractivity contribution in [2.24, 2.45) is 52.9 Å². The van der Waals surface area contributed by atoms with E-state index >= 15 is 0 Å². The molecule has 0 saturated heterocycles. The summed E-state index contributed by atoms with van der Waals surface area (Å²) < 4.78 is 153. The Balaban J connectivity index is 0.000000302. The molecule has 7 fully saturated rings. The van der Waals surface area contributed by atoms with Gasteiger partial charge in [0.1, 0.15) is 109 Å². The number of carbonyl (C=O) groups is 5. The minimum atomic E-state index is -0.637. The second-order valence-electron chi connectivity index (χ2n) is 41.1. The molecule has 7 aromatic rings. The van der Waals surface area contributed by atoms with Crippen molar-refractivity contribution >= 4 is 136 Å². The molecule has 5 amide bonds. The molecule has 147 heavy (non-hydrogen) atoms. The highest BCUT2D eigenvalue weighted by Gasteiger charge is 2.47. The van der Waals surface area contributed by atoms with Crippen LogP contribution in [0.25, 0.3) is 0 Å². The predicted molar refractivity (Wildman–Crippen MR) is 570 cm³/mol. The van der Waals surface area contributed by atoms with Gasteiger partial charge in [0.05, 0.1) is 75.3 Å². The summed E-state index contributed by atoms with van der Waals surface area (Å²) in [5, 5.41) is 24.2. The summed E-state index contributed by atoms with van der Waals surface area (Å²) in [6.45, 7) is 42.8. The minimum absolute atomic E-state index is 0. The van der Waals surface area contributed by atoms with Crippen LogP contribution in [-0.2, 0) is 23.7 Å². The Morgan fingerprint density at radius 2 is 0.449 bits per heavy atom. The number of nitrogens with two attached hydrogens (primary N) is 2. The highest BCUT2D eigenvalue weighted by molar-refractivity contribution is 6.33. The molecular weight excluding hydrogens is 2110 g/mol. The van der Waals surface area contributed by atoms with Crippen LogP contribution in [0.4, 0.5) is 54.7 Å². The zero-order valence-corrected chi connectivity index (χ0v) is 93.3. The molecule has 7 aromatic carbocycles. The van der Waals surface area contributed by atoms with Crippen molar-refractivity contribution in [2.75, 3.05) is 86.0 Å².